The van der Waals surface area contributed by atoms with Crippen molar-refractivity contribution in [3.8, 4) is 0 Å². The Bertz CT molecular complexity index is 1060. The largest absolute Gasteiger partial charge is 0.393 e. The average Bonchev–Trinajstić information content (AvgIpc) is 3.43. The van der Waals surface area contributed by atoms with Crippen molar-refractivity contribution in [3.63, 3.8) is 0 Å². The minimum absolute atomic E-state index is 0.0132. The predicted molar refractivity (Wildman–Crippen MR) is 110 cm³/mol. The summed E-state index contributed by atoms with van der Waals surface area (Å²) in [6, 6.07) is 0.133. The molecule has 2 aliphatic heterocycles. The Labute approximate surface area is 177 Å². The molecule has 3 N–H and O–H groups in total. The topological polar surface area (TPSA) is 125 Å². The number of aliphatic hydroxyl groups excluding tert-OH is 1. The fraction of sp³-hybridized carbons (Fsp3) is 0.550. The number of aromatic nitrogens is 4. The number of hydrogen-bond donors (Lipinski definition) is 3. The summed E-state index contributed by atoms with van der Waals surface area (Å²) >= 11 is 0. The molecule has 2 aromatic rings. The van der Waals surface area contributed by atoms with Gasteiger partial charge in [-0.1, -0.05) is 0 Å². The third kappa shape index (κ3) is 3.97. The van der Waals surface area contributed by atoms with Gasteiger partial charge in [0.05, 0.1) is 25.3 Å². The highest BCUT2D eigenvalue weighted by Crippen LogP contribution is 2.27. The highest BCUT2D eigenvalue weighted by molar-refractivity contribution is 6.15. The van der Waals surface area contributed by atoms with Crippen molar-refractivity contribution in [1.29, 1.82) is 0 Å². The lowest BCUT2D eigenvalue weighted by Gasteiger charge is -2.26. The third-order valence-electron chi connectivity index (χ3n) is 6.05. The van der Waals surface area contributed by atoms with Crippen LogP contribution in [0.25, 0.3) is 11.7 Å². The second-order valence-electron chi connectivity index (χ2n) is 8.39. The van der Waals surface area contributed by atoms with Gasteiger partial charge in [-0.05, 0) is 38.2 Å². The van der Waals surface area contributed by atoms with Crippen molar-refractivity contribution in [2.45, 2.75) is 56.8 Å². The first-order valence-electron chi connectivity index (χ1n) is 10.6. The van der Waals surface area contributed by atoms with Crippen molar-refractivity contribution >= 4 is 35.4 Å². The van der Waals surface area contributed by atoms with Crippen LogP contribution in [0.4, 0.5) is 16.3 Å². The summed E-state index contributed by atoms with van der Waals surface area (Å²) in [5, 5.41) is 19.7. The summed E-state index contributed by atoms with van der Waals surface area (Å²) in [7, 11) is 0. The second-order valence-corrected chi connectivity index (χ2v) is 8.39. The summed E-state index contributed by atoms with van der Waals surface area (Å²) in [4.78, 5) is 34.6. The number of alkyl halides is 1. The van der Waals surface area contributed by atoms with Crippen LogP contribution < -0.4 is 15.5 Å². The SMILES string of the molecule is O=C1CC(=Cc2cnn3c(N4CCC(F)C4)nc(NC4CCC(O)CC4)nc23)C(=O)N1. The Kier molecular flexibility index (Phi) is 5.05. The van der Waals surface area contributed by atoms with Crippen molar-refractivity contribution < 1.29 is 19.1 Å². The smallest absolute Gasteiger partial charge is 0.254 e. The number of amides is 2. The first-order chi connectivity index (χ1) is 15.0. The number of halogens is 1. The zero-order valence-corrected chi connectivity index (χ0v) is 16.9. The first kappa shape index (κ1) is 19.9. The maximum absolute atomic E-state index is 13.9. The molecule has 1 saturated carbocycles. The normalized spacial score (nSPS) is 28.0. The predicted octanol–water partition coefficient (Wildman–Crippen LogP) is 0.818. The molecule has 164 valence electrons. The first-order valence-corrected chi connectivity index (χ1v) is 10.6. The molecule has 0 bridgehead atoms. The van der Waals surface area contributed by atoms with Crippen molar-refractivity contribution in [2.24, 2.45) is 0 Å². The van der Waals surface area contributed by atoms with Gasteiger partial charge in [-0.3, -0.25) is 14.9 Å². The standard InChI is InChI=1S/C20H24FN7O3/c21-13-5-6-27(10-13)20-26-19(23-14-1-3-15(29)4-2-14)25-17-12(9-22-28(17)20)7-11-8-16(30)24-18(11)31/h7,9,13-15,29H,1-6,8,10H2,(H,23,25)(H,24,30,31). The average molecular weight is 429 g/mol. The van der Waals surface area contributed by atoms with Crippen molar-refractivity contribution in [1.82, 2.24) is 24.9 Å². The van der Waals surface area contributed by atoms with Crippen LogP contribution in [0, 0.1) is 0 Å². The number of nitrogens with one attached hydrogen (secondary N) is 2. The van der Waals surface area contributed by atoms with E-state index in [1.54, 1.807) is 16.8 Å². The van der Waals surface area contributed by atoms with E-state index < -0.39 is 12.1 Å². The van der Waals surface area contributed by atoms with Crippen molar-refractivity contribution in [2.75, 3.05) is 23.3 Å². The van der Waals surface area contributed by atoms with Gasteiger partial charge in [0.2, 0.25) is 17.8 Å². The molecule has 3 aliphatic rings. The molecule has 2 amide bonds. The summed E-state index contributed by atoms with van der Waals surface area (Å²) in [5.74, 6) is 0.131. The number of aliphatic hydroxyl groups is 1. The van der Waals surface area contributed by atoms with E-state index in [0.29, 0.717) is 41.6 Å². The molecule has 2 aromatic heterocycles. The maximum atomic E-state index is 13.9. The second kappa shape index (κ2) is 7.88. The van der Waals surface area contributed by atoms with Gasteiger partial charge in [0.25, 0.3) is 5.91 Å². The number of rotatable bonds is 4. The highest BCUT2D eigenvalue weighted by atomic mass is 19.1. The van der Waals surface area contributed by atoms with Crippen LogP contribution in [0.3, 0.4) is 0 Å². The molecule has 31 heavy (non-hydrogen) atoms. The molecule has 5 rings (SSSR count). The molecule has 3 fully saturated rings. The fourth-order valence-corrected chi connectivity index (χ4v) is 4.36. The zero-order valence-electron chi connectivity index (χ0n) is 16.9. The number of hydrogen-bond acceptors (Lipinski definition) is 8. The molecule has 1 aliphatic carbocycles. The number of carbonyl (C=O) groups is 2. The van der Waals surface area contributed by atoms with Gasteiger partial charge >= 0.3 is 0 Å². The zero-order chi connectivity index (χ0) is 21.5. The summed E-state index contributed by atoms with van der Waals surface area (Å²) in [6.07, 6.45) is 5.48. The number of fused-ring (bicyclic) bond motifs is 1. The van der Waals surface area contributed by atoms with Crippen LogP contribution in [-0.2, 0) is 9.59 Å². The van der Waals surface area contributed by atoms with Gasteiger partial charge in [0, 0.05) is 23.7 Å². The molecule has 0 spiro atoms. The monoisotopic (exact) mass is 429 g/mol. The number of carbonyl (C=O) groups excluding carboxylic acids is 2. The molecular weight excluding hydrogens is 405 g/mol. The van der Waals surface area contributed by atoms with E-state index in [4.69, 9.17) is 0 Å². The van der Waals surface area contributed by atoms with Crippen molar-refractivity contribution in [3.05, 3.63) is 17.3 Å². The summed E-state index contributed by atoms with van der Waals surface area (Å²) < 4.78 is 15.4. The van der Waals surface area contributed by atoms with Crippen LogP contribution in [0.2, 0.25) is 0 Å². The van der Waals surface area contributed by atoms with Crippen LogP contribution >= 0.6 is 0 Å². The van der Waals surface area contributed by atoms with Gasteiger partial charge < -0.3 is 15.3 Å². The van der Waals surface area contributed by atoms with Crippen LogP contribution in [-0.4, -0.2) is 67.9 Å². The molecule has 1 unspecified atom stereocenters. The van der Waals surface area contributed by atoms with Crippen LogP contribution in [0.5, 0.6) is 0 Å². The van der Waals surface area contributed by atoms with E-state index in [-0.39, 0.29) is 31.0 Å². The number of imide groups is 1. The minimum Gasteiger partial charge on any atom is -0.393 e. The van der Waals surface area contributed by atoms with Crippen LogP contribution in [0.1, 0.15) is 44.1 Å². The van der Waals surface area contributed by atoms with Gasteiger partial charge in [0.1, 0.15) is 6.17 Å². The molecule has 2 saturated heterocycles. The Morgan fingerprint density at radius 1 is 1.19 bits per heavy atom. The maximum Gasteiger partial charge on any atom is 0.254 e. The van der Waals surface area contributed by atoms with Gasteiger partial charge in [-0.15, -0.1) is 0 Å². The quantitative estimate of drug-likeness (QED) is 0.482. The Hall–Kier alpha value is -3.08. The lowest BCUT2D eigenvalue weighted by atomic mass is 9.93. The highest BCUT2D eigenvalue weighted by Gasteiger charge is 2.28. The molecule has 0 radical (unpaired) electrons. The van der Waals surface area contributed by atoms with Gasteiger partial charge in [-0.2, -0.15) is 19.6 Å². The third-order valence-corrected chi connectivity index (χ3v) is 6.05. The lowest BCUT2D eigenvalue weighted by molar-refractivity contribution is -0.124. The number of nitrogens with zero attached hydrogens (tertiary/aromatic N) is 5. The minimum atomic E-state index is -0.924. The molecule has 1 atom stereocenters. The Balaban J connectivity index is 1.53. The lowest BCUT2D eigenvalue weighted by Crippen LogP contribution is -2.30. The van der Waals surface area contributed by atoms with E-state index in [9.17, 15) is 19.1 Å². The van der Waals surface area contributed by atoms with E-state index in [2.05, 4.69) is 25.7 Å². The Morgan fingerprint density at radius 3 is 2.68 bits per heavy atom. The van der Waals surface area contributed by atoms with Gasteiger partial charge in [-0.25, -0.2) is 4.39 Å². The molecule has 0 aromatic carbocycles. The van der Waals surface area contributed by atoms with E-state index in [0.717, 1.165) is 25.7 Å². The molecule has 11 heteroatoms. The number of anilines is 2. The molecule has 10 nitrogen and oxygen atoms in total. The summed E-state index contributed by atoms with van der Waals surface area (Å²) in [6.45, 7) is 0.754. The Morgan fingerprint density at radius 2 is 2.00 bits per heavy atom. The molecule has 4 heterocycles. The van der Waals surface area contributed by atoms with E-state index in [1.165, 1.54) is 0 Å². The fourth-order valence-electron chi connectivity index (χ4n) is 4.36. The van der Waals surface area contributed by atoms with E-state index >= 15 is 0 Å². The van der Waals surface area contributed by atoms with Gasteiger partial charge in [0.15, 0.2) is 5.65 Å². The van der Waals surface area contributed by atoms with E-state index in [1.807, 2.05) is 4.90 Å². The summed E-state index contributed by atoms with van der Waals surface area (Å²) in [5.41, 5.74) is 1.41. The van der Waals surface area contributed by atoms with Crippen LogP contribution in [0.15, 0.2) is 11.8 Å². The molecular formula is C20H24FN7O3.